The molecule has 2 unspecified atom stereocenters. The summed E-state index contributed by atoms with van der Waals surface area (Å²) < 4.78 is 16.8. The molecule has 8 nitrogen and oxygen atoms in total. The van der Waals surface area contributed by atoms with Crippen LogP contribution in [0.1, 0.15) is 50.7 Å². The van der Waals surface area contributed by atoms with Crippen LogP contribution in [0.3, 0.4) is 0 Å². The van der Waals surface area contributed by atoms with Crippen LogP contribution in [-0.2, 0) is 6.42 Å². The van der Waals surface area contributed by atoms with Gasteiger partial charge in [0, 0.05) is 37.5 Å². The molecule has 0 aliphatic rings. The van der Waals surface area contributed by atoms with Crippen LogP contribution < -0.4 is 20.1 Å². The molecule has 39 heavy (non-hydrogen) atoms. The zero-order chi connectivity index (χ0) is 28.8. The highest BCUT2D eigenvalue weighted by Gasteiger charge is 2.13. The quantitative estimate of drug-likeness (QED) is 0.164. The van der Waals surface area contributed by atoms with E-state index in [1.54, 1.807) is 12.1 Å². The third-order valence-electron chi connectivity index (χ3n) is 5.58. The summed E-state index contributed by atoms with van der Waals surface area (Å²) in [5.41, 5.74) is 1.63. The summed E-state index contributed by atoms with van der Waals surface area (Å²) in [4.78, 5) is 11.4. The van der Waals surface area contributed by atoms with Crippen LogP contribution in [-0.4, -0.2) is 66.6 Å². The van der Waals surface area contributed by atoms with Crippen molar-refractivity contribution < 1.29 is 28.9 Å². The van der Waals surface area contributed by atoms with E-state index in [2.05, 4.69) is 17.2 Å². The number of ketones is 1. The van der Waals surface area contributed by atoms with E-state index in [4.69, 9.17) is 13.9 Å². The first-order chi connectivity index (χ1) is 18.6. The molecule has 3 rings (SSSR count). The van der Waals surface area contributed by atoms with Gasteiger partial charge in [0.05, 0.1) is 0 Å². The van der Waals surface area contributed by atoms with Crippen LogP contribution >= 0.6 is 0 Å². The second-order valence-electron chi connectivity index (χ2n) is 10.00. The van der Waals surface area contributed by atoms with E-state index in [1.165, 1.54) is 6.92 Å². The van der Waals surface area contributed by atoms with E-state index in [-0.39, 0.29) is 12.4 Å². The minimum atomic E-state index is -0.607. The maximum absolute atomic E-state index is 11.4. The van der Waals surface area contributed by atoms with Gasteiger partial charge in [0.15, 0.2) is 22.9 Å². The lowest BCUT2D eigenvalue weighted by molar-refractivity contribution is 0.0985. The van der Waals surface area contributed by atoms with E-state index in [0.717, 1.165) is 23.1 Å². The Kier molecular flexibility index (Phi) is 13.7. The number of rotatable bonds is 15. The van der Waals surface area contributed by atoms with E-state index in [0.29, 0.717) is 48.9 Å². The van der Waals surface area contributed by atoms with Crippen LogP contribution in [0.15, 0.2) is 65.6 Å². The van der Waals surface area contributed by atoms with Crippen LogP contribution in [0.25, 0.3) is 11.0 Å². The molecule has 1 heterocycles. The second kappa shape index (κ2) is 16.7. The smallest absolute Gasteiger partial charge is 0.194 e. The summed E-state index contributed by atoms with van der Waals surface area (Å²) in [7, 11) is 0. The van der Waals surface area contributed by atoms with E-state index in [9.17, 15) is 15.0 Å². The van der Waals surface area contributed by atoms with E-state index < -0.39 is 12.2 Å². The molecule has 0 aliphatic carbocycles. The monoisotopic (exact) mass is 540 g/mol. The number of allylic oxidation sites excluding steroid dienone is 1. The van der Waals surface area contributed by atoms with Crippen LogP contribution in [0.4, 0.5) is 0 Å². The summed E-state index contributed by atoms with van der Waals surface area (Å²) >= 11 is 0. The van der Waals surface area contributed by atoms with Crippen molar-refractivity contribution >= 4 is 16.8 Å². The van der Waals surface area contributed by atoms with Gasteiger partial charge in [-0.2, -0.15) is 0 Å². The number of carbonyl (C=O) groups excluding carboxylic acids is 1. The zero-order valence-corrected chi connectivity index (χ0v) is 23.8. The summed E-state index contributed by atoms with van der Waals surface area (Å²) in [6.45, 7) is 14.8. The molecule has 0 aliphatic heterocycles. The lowest BCUT2D eigenvalue weighted by atomic mass is 10.1. The summed E-state index contributed by atoms with van der Waals surface area (Å²) in [5.74, 6) is 1.53. The summed E-state index contributed by atoms with van der Waals surface area (Å²) in [6, 6.07) is 15.7. The Balaban J connectivity index is 0.000000277. The molecular formula is C31H44N2O6. The molecule has 0 saturated carbocycles. The first-order valence-electron chi connectivity index (χ1n) is 13.4. The molecule has 3 aromatic rings. The van der Waals surface area contributed by atoms with Crippen molar-refractivity contribution in [2.24, 2.45) is 0 Å². The maximum Gasteiger partial charge on any atom is 0.194 e. The number of aliphatic hydroxyl groups excluding tert-OH is 2. The number of nitrogens with one attached hydrogen (secondary N) is 2. The predicted octanol–water partition coefficient (Wildman–Crippen LogP) is 4.53. The molecule has 0 spiro atoms. The average molecular weight is 541 g/mol. The van der Waals surface area contributed by atoms with Crippen molar-refractivity contribution in [1.29, 1.82) is 0 Å². The first kappa shape index (κ1) is 32.0. The molecule has 0 bridgehead atoms. The molecule has 0 saturated heterocycles. The number of carbonyl (C=O) groups is 1. The molecule has 8 heteroatoms. The van der Waals surface area contributed by atoms with Crippen molar-refractivity contribution in [3.8, 4) is 11.5 Å². The van der Waals surface area contributed by atoms with Crippen molar-refractivity contribution in [2.75, 3.05) is 26.3 Å². The second-order valence-corrected chi connectivity index (χ2v) is 10.00. The SMILES string of the molecule is C=CCc1ccccc1OCC(O)CNC(C)C.CC(=O)c1cc2cccc(OCC(O)CNC(C)C)c2o1. The fourth-order valence-electron chi connectivity index (χ4n) is 3.53. The molecule has 4 N–H and O–H groups in total. The molecule has 1 aromatic heterocycles. The lowest BCUT2D eigenvalue weighted by Gasteiger charge is -2.16. The minimum absolute atomic E-state index is 0.127. The number of furan rings is 1. The first-order valence-corrected chi connectivity index (χ1v) is 13.4. The number of ether oxygens (including phenoxy) is 2. The van der Waals surface area contributed by atoms with Gasteiger partial charge in [0.1, 0.15) is 31.2 Å². The van der Waals surface area contributed by atoms with Gasteiger partial charge in [-0.15, -0.1) is 6.58 Å². The lowest BCUT2D eigenvalue weighted by Crippen LogP contribution is -2.35. The Labute approximate surface area is 232 Å². The number of hydrogen-bond donors (Lipinski definition) is 4. The topological polar surface area (TPSA) is 113 Å². The zero-order valence-electron chi connectivity index (χ0n) is 23.8. The fraction of sp³-hybridized carbons (Fsp3) is 0.452. The predicted molar refractivity (Wildman–Crippen MR) is 156 cm³/mol. The number of hydrogen-bond acceptors (Lipinski definition) is 8. The van der Waals surface area contributed by atoms with Gasteiger partial charge in [0.2, 0.25) is 0 Å². The Morgan fingerprint density at radius 2 is 1.49 bits per heavy atom. The van der Waals surface area contributed by atoms with Crippen LogP contribution in [0, 0.1) is 0 Å². The summed E-state index contributed by atoms with van der Waals surface area (Å²) in [5, 5.41) is 26.8. The Hall–Kier alpha value is -3.17. The Morgan fingerprint density at radius 3 is 2.05 bits per heavy atom. The molecule has 2 atom stereocenters. The number of Topliss-reactive ketones (excluding diaryl/α,β-unsaturated/α-hetero) is 1. The Bertz CT molecular complexity index is 1160. The number of aliphatic hydroxyl groups is 2. The van der Waals surface area contributed by atoms with Crippen LogP contribution in [0.2, 0.25) is 0 Å². The standard InChI is InChI=1S/C16H21NO4.C15H23NO2/c1-10(2)17-8-13(19)9-20-14-6-4-5-12-7-15(11(3)18)21-16(12)14;1-4-7-13-8-5-6-9-15(13)18-11-14(17)10-16-12(2)3/h4-7,10,13,17,19H,8-9H2,1-3H3;4-6,8-9,12,14,16-17H,1,7,10-11H2,2-3H3. The number of fused-ring (bicyclic) bond motifs is 1. The minimum Gasteiger partial charge on any atom is -0.491 e. The van der Waals surface area contributed by atoms with E-state index >= 15 is 0 Å². The van der Waals surface area contributed by atoms with Gasteiger partial charge in [-0.25, -0.2) is 0 Å². The van der Waals surface area contributed by atoms with Gasteiger partial charge in [0.25, 0.3) is 0 Å². The third-order valence-corrected chi connectivity index (χ3v) is 5.58. The molecule has 214 valence electrons. The van der Waals surface area contributed by atoms with Gasteiger partial charge in [-0.05, 0) is 30.2 Å². The normalized spacial score (nSPS) is 12.6. The van der Waals surface area contributed by atoms with Crippen LogP contribution in [0.5, 0.6) is 11.5 Å². The molecular weight excluding hydrogens is 496 g/mol. The van der Waals surface area contributed by atoms with Crippen molar-refractivity contribution in [1.82, 2.24) is 10.6 Å². The van der Waals surface area contributed by atoms with E-state index in [1.807, 2.05) is 70.2 Å². The van der Waals surface area contributed by atoms with Crippen molar-refractivity contribution in [3.05, 3.63) is 72.5 Å². The number of benzene rings is 2. The molecule has 2 aromatic carbocycles. The highest BCUT2D eigenvalue weighted by Crippen LogP contribution is 2.29. The maximum atomic E-state index is 11.4. The third kappa shape index (κ3) is 11.6. The van der Waals surface area contributed by atoms with Crippen molar-refractivity contribution in [2.45, 2.75) is 65.3 Å². The molecule has 0 radical (unpaired) electrons. The highest BCUT2D eigenvalue weighted by atomic mass is 16.5. The largest absolute Gasteiger partial charge is 0.491 e. The molecule has 0 amide bonds. The molecule has 0 fully saturated rings. The van der Waals surface area contributed by atoms with Gasteiger partial charge in [-0.3, -0.25) is 4.79 Å². The van der Waals surface area contributed by atoms with Crippen molar-refractivity contribution in [3.63, 3.8) is 0 Å². The highest BCUT2D eigenvalue weighted by molar-refractivity contribution is 5.97. The fourth-order valence-corrected chi connectivity index (χ4v) is 3.53. The summed E-state index contributed by atoms with van der Waals surface area (Å²) in [6.07, 6.45) is 1.52. The van der Waals surface area contributed by atoms with Gasteiger partial charge < -0.3 is 34.7 Å². The number of para-hydroxylation sites is 2. The van der Waals surface area contributed by atoms with Gasteiger partial charge in [-0.1, -0.05) is 64.1 Å². The average Bonchev–Trinajstić information content (AvgIpc) is 3.35. The Morgan fingerprint density at radius 1 is 0.923 bits per heavy atom. The van der Waals surface area contributed by atoms with Gasteiger partial charge >= 0.3 is 0 Å².